The highest BCUT2D eigenvalue weighted by molar-refractivity contribution is 5.33. The summed E-state index contributed by atoms with van der Waals surface area (Å²) in [4.78, 5) is 0. The van der Waals surface area contributed by atoms with Crippen molar-refractivity contribution in [1.82, 2.24) is 5.32 Å². The van der Waals surface area contributed by atoms with Gasteiger partial charge in [0.05, 0.1) is 11.6 Å². The molecule has 0 saturated carbocycles. The van der Waals surface area contributed by atoms with E-state index in [-0.39, 0.29) is 11.9 Å². The van der Waals surface area contributed by atoms with Crippen molar-refractivity contribution < 1.29 is 8.78 Å². The van der Waals surface area contributed by atoms with Crippen molar-refractivity contribution in [2.45, 2.75) is 19.5 Å². The van der Waals surface area contributed by atoms with Gasteiger partial charge in [0, 0.05) is 18.2 Å². The number of nitrogens with one attached hydrogen (secondary N) is 1. The summed E-state index contributed by atoms with van der Waals surface area (Å²) < 4.78 is 26.8. The summed E-state index contributed by atoms with van der Waals surface area (Å²) in [7, 11) is 0. The highest BCUT2D eigenvalue weighted by atomic mass is 19.1. The van der Waals surface area contributed by atoms with Crippen LogP contribution in [0.15, 0.2) is 42.5 Å². The van der Waals surface area contributed by atoms with E-state index in [0.29, 0.717) is 17.7 Å². The lowest BCUT2D eigenvalue weighted by Gasteiger charge is -2.14. The maximum Gasteiger partial charge on any atom is 0.129 e. The monoisotopic (exact) mass is 272 g/mol. The van der Waals surface area contributed by atoms with Crippen molar-refractivity contribution in [3.8, 4) is 6.07 Å². The lowest BCUT2D eigenvalue weighted by molar-refractivity contribution is 0.540. The third kappa shape index (κ3) is 3.40. The van der Waals surface area contributed by atoms with Crippen LogP contribution in [-0.2, 0) is 6.54 Å². The van der Waals surface area contributed by atoms with Crippen LogP contribution in [0.3, 0.4) is 0 Å². The molecule has 2 nitrogen and oxygen atoms in total. The zero-order chi connectivity index (χ0) is 14.5. The topological polar surface area (TPSA) is 35.8 Å². The summed E-state index contributed by atoms with van der Waals surface area (Å²) in [5, 5.41) is 11.8. The lowest BCUT2D eigenvalue weighted by atomic mass is 10.1. The molecule has 0 heterocycles. The largest absolute Gasteiger partial charge is 0.306 e. The average Bonchev–Trinajstić information content (AvgIpc) is 2.45. The summed E-state index contributed by atoms with van der Waals surface area (Å²) in [6.07, 6.45) is 0. The molecule has 0 aliphatic carbocycles. The van der Waals surface area contributed by atoms with Crippen LogP contribution in [0.4, 0.5) is 8.78 Å². The van der Waals surface area contributed by atoms with E-state index in [9.17, 15) is 8.78 Å². The van der Waals surface area contributed by atoms with Crippen molar-refractivity contribution >= 4 is 0 Å². The van der Waals surface area contributed by atoms with Gasteiger partial charge in [-0.3, -0.25) is 0 Å². The van der Waals surface area contributed by atoms with Crippen molar-refractivity contribution in [3.05, 3.63) is 70.8 Å². The van der Waals surface area contributed by atoms with Gasteiger partial charge in [-0.25, -0.2) is 8.78 Å². The van der Waals surface area contributed by atoms with E-state index in [1.807, 2.05) is 19.1 Å². The minimum absolute atomic E-state index is 0.0965. The number of benzene rings is 2. The molecule has 2 aromatic carbocycles. The van der Waals surface area contributed by atoms with E-state index in [1.165, 1.54) is 18.2 Å². The molecular formula is C16H14F2N2. The van der Waals surface area contributed by atoms with Gasteiger partial charge in [0.1, 0.15) is 11.6 Å². The fourth-order valence-electron chi connectivity index (χ4n) is 1.92. The quantitative estimate of drug-likeness (QED) is 0.921. The molecule has 1 N–H and O–H groups in total. The minimum atomic E-state index is -0.414. The first kappa shape index (κ1) is 14.2. The van der Waals surface area contributed by atoms with Gasteiger partial charge >= 0.3 is 0 Å². The van der Waals surface area contributed by atoms with Crippen LogP contribution in [0.5, 0.6) is 0 Å². The molecule has 0 unspecified atom stereocenters. The first-order valence-electron chi connectivity index (χ1n) is 6.27. The fraction of sp³-hybridized carbons (Fsp3) is 0.188. The second-order valence-corrected chi connectivity index (χ2v) is 4.58. The summed E-state index contributed by atoms with van der Waals surface area (Å²) in [5.74, 6) is -0.705. The van der Waals surface area contributed by atoms with E-state index in [1.54, 1.807) is 18.2 Å². The molecule has 1 atom stereocenters. The molecule has 2 aromatic rings. The van der Waals surface area contributed by atoms with Crippen LogP contribution >= 0.6 is 0 Å². The first-order chi connectivity index (χ1) is 9.60. The Hall–Kier alpha value is -2.25. The first-order valence-corrected chi connectivity index (χ1v) is 6.27. The van der Waals surface area contributed by atoms with E-state index >= 15 is 0 Å². The third-order valence-corrected chi connectivity index (χ3v) is 3.13. The van der Waals surface area contributed by atoms with Crippen molar-refractivity contribution in [2.75, 3.05) is 0 Å². The van der Waals surface area contributed by atoms with E-state index in [0.717, 1.165) is 5.56 Å². The molecule has 0 aliphatic rings. The van der Waals surface area contributed by atoms with Crippen molar-refractivity contribution in [3.63, 3.8) is 0 Å². The lowest BCUT2D eigenvalue weighted by Crippen LogP contribution is -2.19. The number of nitriles is 1. The molecule has 102 valence electrons. The summed E-state index contributed by atoms with van der Waals surface area (Å²) in [5.41, 5.74) is 1.58. The average molecular weight is 272 g/mol. The Morgan fingerprint density at radius 2 is 2.00 bits per heavy atom. The Balaban J connectivity index is 2.04. The van der Waals surface area contributed by atoms with Crippen LogP contribution in [0.2, 0.25) is 0 Å². The number of rotatable bonds is 4. The number of nitrogens with zero attached hydrogens (tertiary/aromatic N) is 1. The molecule has 0 aromatic heterocycles. The molecule has 0 aliphatic heterocycles. The van der Waals surface area contributed by atoms with E-state index in [4.69, 9.17) is 5.26 Å². The number of hydrogen-bond donors (Lipinski definition) is 1. The normalized spacial score (nSPS) is 11.9. The molecule has 0 amide bonds. The minimum Gasteiger partial charge on any atom is -0.306 e. The molecule has 4 heteroatoms. The van der Waals surface area contributed by atoms with Crippen LogP contribution in [0, 0.1) is 23.0 Å². The highest BCUT2D eigenvalue weighted by Crippen LogP contribution is 2.15. The van der Waals surface area contributed by atoms with Gasteiger partial charge in [0.25, 0.3) is 0 Å². The molecule has 0 bridgehead atoms. The van der Waals surface area contributed by atoms with Crippen LogP contribution in [0.25, 0.3) is 0 Å². The highest BCUT2D eigenvalue weighted by Gasteiger charge is 2.08. The van der Waals surface area contributed by atoms with Crippen LogP contribution in [-0.4, -0.2) is 0 Å². The Labute approximate surface area is 116 Å². The van der Waals surface area contributed by atoms with Crippen molar-refractivity contribution in [2.24, 2.45) is 0 Å². The Bertz CT molecular complexity index is 647. The zero-order valence-corrected chi connectivity index (χ0v) is 11.0. The standard InChI is InChI=1S/C16H14F2N2/c1-11(13-3-2-4-15(17)8-13)20-10-14-6-5-12(9-19)7-16(14)18/h2-8,11,20H,10H2,1H3/t11-/m1/s1. The van der Waals surface area contributed by atoms with E-state index < -0.39 is 5.82 Å². The molecule has 2 rings (SSSR count). The van der Waals surface area contributed by atoms with Crippen molar-refractivity contribution in [1.29, 1.82) is 5.26 Å². The summed E-state index contributed by atoms with van der Waals surface area (Å²) in [6, 6.07) is 12.5. The van der Waals surface area contributed by atoms with Gasteiger partial charge in [-0.15, -0.1) is 0 Å². The second-order valence-electron chi connectivity index (χ2n) is 4.58. The number of hydrogen-bond acceptors (Lipinski definition) is 2. The molecule has 0 radical (unpaired) electrons. The zero-order valence-electron chi connectivity index (χ0n) is 11.0. The van der Waals surface area contributed by atoms with Gasteiger partial charge in [-0.2, -0.15) is 5.26 Å². The second kappa shape index (κ2) is 6.27. The van der Waals surface area contributed by atoms with Gasteiger partial charge in [0.2, 0.25) is 0 Å². The molecule has 0 saturated heterocycles. The Morgan fingerprint density at radius 3 is 2.65 bits per heavy atom. The maximum absolute atomic E-state index is 13.7. The third-order valence-electron chi connectivity index (χ3n) is 3.13. The van der Waals surface area contributed by atoms with Gasteiger partial charge in [-0.05, 0) is 36.8 Å². The predicted molar refractivity (Wildman–Crippen MR) is 72.8 cm³/mol. The number of halogens is 2. The molecular weight excluding hydrogens is 258 g/mol. The summed E-state index contributed by atoms with van der Waals surface area (Å²) in [6.45, 7) is 2.20. The van der Waals surface area contributed by atoms with Gasteiger partial charge in [-0.1, -0.05) is 18.2 Å². The SMILES string of the molecule is C[C@@H](NCc1ccc(C#N)cc1F)c1cccc(F)c1. The Morgan fingerprint density at radius 1 is 1.20 bits per heavy atom. The smallest absolute Gasteiger partial charge is 0.129 e. The predicted octanol–water partition coefficient (Wildman–Crippen LogP) is 3.69. The molecule has 0 fully saturated rings. The summed E-state index contributed by atoms with van der Waals surface area (Å²) >= 11 is 0. The molecule has 20 heavy (non-hydrogen) atoms. The maximum atomic E-state index is 13.7. The fourth-order valence-corrected chi connectivity index (χ4v) is 1.92. The molecule has 0 spiro atoms. The van der Waals surface area contributed by atoms with Gasteiger partial charge < -0.3 is 5.32 Å². The van der Waals surface area contributed by atoms with Crippen LogP contribution in [0.1, 0.15) is 29.7 Å². The van der Waals surface area contributed by atoms with Crippen LogP contribution < -0.4 is 5.32 Å². The Kier molecular flexibility index (Phi) is 4.44. The van der Waals surface area contributed by atoms with Gasteiger partial charge in [0.15, 0.2) is 0 Å². The van der Waals surface area contributed by atoms with E-state index in [2.05, 4.69) is 5.32 Å².